The van der Waals surface area contributed by atoms with Crippen molar-refractivity contribution in [2.24, 2.45) is 0 Å². The quantitative estimate of drug-likeness (QED) is 0.619. The first-order valence-electron chi connectivity index (χ1n) is 8.32. The summed E-state index contributed by atoms with van der Waals surface area (Å²) in [5.41, 5.74) is 0. The second kappa shape index (κ2) is 5.93. The van der Waals surface area contributed by atoms with E-state index in [0.29, 0.717) is 0 Å². The van der Waals surface area contributed by atoms with Crippen molar-refractivity contribution in [3.8, 4) is 0 Å². The minimum absolute atomic E-state index is 0.935. The first-order valence-corrected chi connectivity index (χ1v) is 18.7. The first-order chi connectivity index (χ1) is 9.27. The summed E-state index contributed by atoms with van der Waals surface area (Å²) >= 11 is 0. The zero-order chi connectivity index (χ0) is 14.9. The van der Waals surface area contributed by atoms with Gasteiger partial charge in [-0.1, -0.05) is 105 Å². The molecule has 0 spiro atoms. The van der Waals surface area contributed by atoms with E-state index >= 15 is 0 Å². The van der Waals surface area contributed by atoms with Crippen molar-refractivity contribution in [1.29, 1.82) is 0 Å². The van der Waals surface area contributed by atoms with Crippen LogP contribution in [0.5, 0.6) is 0 Å². The molecule has 2 rings (SSSR count). The molecule has 1 saturated heterocycles. The minimum atomic E-state index is -1.21. The monoisotopic (exact) mass is 320 g/mol. The van der Waals surface area contributed by atoms with Gasteiger partial charge in [0.1, 0.15) is 0 Å². The van der Waals surface area contributed by atoms with Crippen LogP contribution in [0.1, 0.15) is 12.8 Å². The molecule has 0 aliphatic carbocycles. The maximum Gasteiger partial charge on any atom is 0.0836 e. The first kappa shape index (κ1) is 16.2. The summed E-state index contributed by atoms with van der Waals surface area (Å²) in [6, 6.07) is 17.7. The molecule has 0 saturated carbocycles. The fourth-order valence-electron chi connectivity index (χ4n) is 3.77. The summed E-state index contributed by atoms with van der Waals surface area (Å²) < 4.78 is 0. The average molecular weight is 321 g/mol. The molecule has 0 N–H and O–H groups in total. The number of benzene rings is 1. The molecule has 1 aliphatic rings. The van der Waals surface area contributed by atoms with Gasteiger partial charge in [0.05, 0.1) is 8.07 Å². The van der Waals surface area contributed by atoms with Gasteiger partial charge in [0.25, 0.3) is 0 Å². The molecule has 20 heavy (non-hydrogen) atoms. The molecule has 0 atom stereocenters. The largest absolute Gasteiger partial charge is 0.0836 e. The van der Waals surface area contributed by atoms with Crippen LogP contribution in [0.2, 0.25) is 56.9 Å². The fourth-order valence-corrected chi connectivity index (χ4v) is 16.8. The fraction of sp³-hybridized carbons (Fsp3) is 0.647. The van der Waals surface area contributed by atoms with Crippen LogP contribution in [0.15, 0.2) is 30.3 Å². The van der Waals surface area contributed by atoms with Crippen molar-refractivity contribution in [3.05, 3.63) is 30.3 Å². The molecule has 112 valence electrons. The van der Waals surface area contributed by atoms with Crippen LogP contribution in [0, 0.1) is 0 Å². The number of hydrogen-bond donors (Lipinski definition) is 0. The van der Waals surface area contributed by atoms with Gasteiger partial charge in [0.15, 0.2) is 0 Å². The third-order valence-corrected chi connectivity index (χ3v) is 30.4. The smallest absolute Gasteiger partial charge is 0.0713 e. The normalized spacial score (nSPS) is 25.2. The molecule has 0 amide bonds. The minimum Gasteiger partial charge on any atom is -0.0713 e. The topological polar surface area (TPSA) is 0 Å². The van der Waals surface area contributed by atoms with E-state index in [-0.39, 0.29) is 0 Å². The molecule has 1 aliphatic heterocycles. The molecule has 0 radical (unpaired) electrons. The lowest BCUT2D eigenvalue weighted by Crippen LogP contribution is -2.54. The van der Waals surface area contributed by atoms with Gasteiger partial charge >= 0.3 is 0 Å². The van der Waals surface area contributed by atoms with Crippen molar-refractivity contribution >= 4 is 28.4 Å². The van der Waals surface area contributed by atoms with Crippen molar-refractivity contribution in [3.63, 3.8) is 0 Å². The molecule has 0 bridgehead atoms. The zero-order valence-corrected chi connectivity index (χ0v) is 17.1. The highest BCUT2D eigenvalue weighted by Gasteiger charge is 2.42. The van der Waals surface area contributed by atoms with E-state index in [1.165, 1.54) is 24.9 Å². The third kappa shape index (κ3) is 3.37. The SMILES string of the molecule is C[Si]1(c2ccccc2)CCC[Si](C)(C)[Si](C)(C)CCC1. The van der Waals surface area contributed by atoms with Gasteiger partial charge in [-0.25, -0.2) is 0 Å². The average Bonchev–Trinajstić information content (AvgIpc) is 2.42. The van der Waals surface area contributed by atoms with E-state index in [2.05, 4.69) is 63.1 Å². The highest BCUT2D eigenvalue weighted by Crippen LogP contribution is 2.35. The lowest BCUT2D eigenvalue weighted by molar-refractivity contribution is 0.985. The summed E-state index contributed by atoms with van der Waals surface area (Å²) in [7, 11) is -3.08. The van der Waals surface area contributed by atoms with Crippen LogP contribution in [0.4, 0.5) is 0 Å². The van der Waals surface area contributed by atoms with E-state index in [1.807, 2.05) is 0 Å². The highest BCUT2D eigenvalue weighted by atomic mass is 29.3. The molecule has 3 heteroatoms. The van der Waals surface area contributed by atoms with Crippen molar-refractivity contribution < 1.29 is 0 Å². The van der Waals surface area contributed by atoms with E-state index in [0.717, 1.165) is 0 Å². The second-order valence-corrected chi connectivity index (χ2v) is 29.8. The van der Waals surface area contributed by atoms with Gasteiger partial charge < -0.3 is 0 Å². The summed E-state index contributed by atoms with van der Waals surface area (Å²) in [4.78, 5) is 0. The Bertz CT molecular complexity index is 417. The van der Waals surface area contributed by atoms with Crippen LogP contribution >= 0.6 is 0 Å². The maximum absolute atomic E-state index is 2.69. The molecule has 1 aromatic carbocycles. The van der Waals surface area contributed by atoms with E-state index < -0.39 is 23.3 Å². The Labute approximate surface area is 128 Å². The Hall–Kier alpha value is -0.129. The van der Waals surface area contributed by atoms with Crippen LogP contribution in [0.3, 0.4) is 0 Å². The van der Waals surface area contributed by atoms with Gasteiger partial charge in [-0.2, -0.15) is 0 Å². The number of hydrogen-bond acceptors (Lipinski definition) is 0. The van der Waals surface area contributed by atoms with Crippen LogP contribution in [-0.4, -0.2) is 23.3 Å². The molecular formula is C17H32Si3. The summed E-state index contributed by atoms with van der Waals surface area (Å²) in [6.45, 7) is 13.4. The Morgan fingerprint density at radius 1 is 0.650 bits per heavy atom. The standard InChI is InChI=1S/C17H32Si3/c1-18(2)13-9-15-20(5,16-10-14-19(18,3)4)17-11-7-6-8-12-17/h6-8,11-12H,9-10,13-16H2,1-5H3. The van der Waals surface area contributed by atoms with E-state index in [1.54, 1.807) is 17.3 Å². The van der Waals surface area contributed by atoms with Crippen molar-refractivity contribution in [2.75, 3.05) is 0 Å². The zero-order valence-electron chi connectivity index (χ0n) is 14.1. The van der Waals surface area contributed by atoms with Gasteiger partial charge in [0, 0.05) is 15.2 Å². The lowest BCUT2D eigenvalue weighted by Gasteiger charge is -2.38. The summed E-state index contributed by atoms with van der Waals surface area (Å²) in [5, 5.41) is 1.71. The van der Waals surface area contributed by atoms with Crippen LogP contribution < -0.4 is 5.19 Å². The van der Waals surface area contributed by atoms with E-state index in [4.69, 9.17) is 0 Å². The molecule has 1 aromatic rings. The van der Waals surface area contributed by atoms with Gasteiger partial charge in [-0.05, 0) is 0 Å². The van der Waals surface area contributed by atoms with Gasteiger partial charge in [-0.3, -0.25) is 0 Å². The molecular weight excluding hydrogens is 288 g/mol. The van der Waals surface area contributed by atoms with E-state index in [9.17, 15) is 0 Å². The molecule has 0 aromatic heterocycles. The van der Waals surface area contributed by atoms with Gasteiger partial charge in [0.2, 0.25) is 0 Å². The Morgan fingerprint density at radius 3 is 1.55 bits per heavy atom. The highest BCUT2D eigenvalue weighted by molar-refractivity contribution is 7.40. The van der Waals surface area contributed by atoms with Crippen LogP contribution in [0.25, 0.3) is 0 Å². The lowest BCUT2D eigenvalue weighted by atomic mass is 10.4. The van der Waals surface area contributed by atoms with Crippen molar-refractivity contribution in [1.82, 2.24) is 0 Å². The Kier molecular flexibility index (Phi) is 4.82. The van der Waals surface area contributed by atoms with Crippen molar-refractivity contribution in [2.45, 2.75) is 69.8 Å². The molecule has 1 fully saturated rings. The predicted molar refractivity (Wildman–Crippen MR) is 101 cm³/mol. The third-order valence-electron chi connectivity index (χ3n) is 6.36. The maximum atomic E-state index is 2.69. The Morgan fingerprint density at radius 2 is 1.10 bits per heavy atom. The Balaban J connectivity index is 2.21. The molecule has 0 nitrogen and oxygen atoms in total. The second-order valence-electron chi connectivity index (χ2n) is 8.40. The molecule has 0 unspecified atom stereocenters. The summed E-state index contributed by atoms with van der Waals surface area (Å²) in [6.07, 6.45) is 3.01. The summed E-state index contributed by atoms with van der Waals surface area (Å²) in [5.74, 6) is 0. The van der Waals surface area contributed by atoms with Crippen LogP contribution in [-0.2, 0) is 0 Å². The van der Waals surface area contributed by atoms with Gasteiger partial charge in [-0.15, -0.1) is 0 Å². The number of rotatable bonds is 1. The predicted octanol–water partition coefficient (Wildman–Crippen LogP) is 5.26. The molecule has 1 heterocycles.